The van der Waals surface area contributed by atoms with E-state index in [2.05, 4.69) is 5.16 Å². The fourth-order valence-electron chi connectivity index (χ4n) is 1.93. The lowest BCUT2D eigenvalue weighted by Crippen LogP contribution is -2.16. The van der Waals surface area contributed by atoms with Gasteiger partial charge >= 0.3 is 5.97 Å². The first-order valence-corrected chi connectivity index (χ1v) is 6.70. The van der Waals surface area contributed by atoms with Gasteiger partial charge in [-0.25, -0.2) is 4.79 Å². The van der Waals surface area contributed by atoms with Crippen LogP contribution in [-0.2, 0) is 11.3 Å². The molecule has 7 heteroatoms. The molecule has 0 aliphatic carbocycles. The molecule has 21 heavy (non-hydrogen) atoms. The van der Waals surface area contributed by atoms with Crippen molar-refractivity contribution in [1.82, 2.24) is 5.16 Å². The molecule has 0 atom stereocenters. The summed E-state index contributed by atoms with van der Waals surface area (Å²) in [7, 11) is 0. The van der Waals surface area contributed by atoms with Crippen molar-refractivity contribution in [3.05, 3.63) is 40.2 Å². The van der Waals surface area contributed by atoms with Crippen LogP contribution in [0.5, 0.6) is 11.5 Å². The Bertz CT molecular complexity index is 682. The zero-order valence-corrected chi connectivity index (χ0v) is 12.0. The molecule has 0 unspecified atom stereocenters. The molecular formula is C14H12ClNO5. The molecule has 0 N–H and O–H groups in total. The highest BCUT2D eigenvalue weighted by molar-refractivity contribution is 6.32. The van der Waals surface area contributed by atoms with Gasteiger partial charge in [-0.2, -0.15) is 0 Å². The average molecular weight is 310 g/mol. The molecule has 1 aliphatic heterocycles. The Balaban J connectivity index is 1.71. The molecule has 0 radical (unpaired) electrons. The van der Waals surface area contributed by atoms with Crippen LogP contribution in [-0.4, -0.2) is 24.3 Å². The molecule has 0 fully saturated rings. The minimum Gasteiger partial charge on any atom is -0.486 e. The SMILES string of the molecule is Cc1cc(C(=O)OCc2cc(Cl)c3c(c2)OCCO3)on1. The molecule has 2 aromatic rings. The summed E-state index contributed by atoms with van der Waals surface area (Å²) in [6, 6.07) is 4.92. The molecule has 0 spiro atoms. The first-order valence-electron chi connectivity index (χ1n) is 6.32. The van der Waals surface area contributed by atoms with Crippen molar-refractivity contribution < 1.29 is 23.5 Å². The Kier molecular flexibility index (Phi) is 3.70. The van der Waals surface area contributed by atoms with Crippen molar-refractivity contribution in [2.24, 2.45) is 0 Å². The van der Waals surface area contributed by atoms with E-state index in [-0.39, 0.29) is 12.4 Å². The second-order valence-corrected chi connectivity index (χ2v) is 4.92. The van der Waals surface area contributed by atoms with Gasteiger partial charge in [-0.1, -0.05) is 16.8 Å². The lowest BCUT2D eigenvalue weighted by molar-refractivity contribution is 0.0425. The molecule has 0 saturated carbocycles. The third-order valence-corrected chi connectivity index (χ3v) is 3.14. The molecule has 0 saturated heterocycles. The molecular weight excluding hydrogens is 298 g/mol. The fourth-order valence-corrected chi connectivity index (χ4v) is 2.22. The fraction of sp³-hybridized carbons (Fsp3) is 0.286. The first kappa shape index (κ1) is 13.8. The number of esters is 1. The maximum atomic E-state index is 11.8. The molecule has 6 nitrogen and oxygen atoms in total. The van der Waals surface area contributed by atoms with Crippen LogP contribution in [0.2, 0.25) is 5.02 Å². The number of fused-ring (bicyclic) bond motifs is 1. The van der Waals surface area contributed by atoms with Crippen LogP contribution in [0, 0.1) is 6.92 Å². The summed E-state index contributed by atoms with van der Waals surface area (Å²) >= 11 is 6.11. The minimum absolute atomic E-state index is 0.0505. The van der Waals surface area contributed by atoms with Crippen LogP contribution in [0.1, 0.15) is 21.8 Å². The van der Waals surface area contributed by atoms with E-state index < -0.39 is 5.97 Å². The molecule has 2 heterocycles. The van der Waals surface area contributed by atoms with Crippen molar-refractivity contribution in [1.29, 1.82) is 0 Å². The number of hydrogen-bond acceptors (Lipinski definition) is 6. The topological polar surface area (TPSA) is 70.8 Å². The van der Waals surface area contributed by atoms with Gasteiger partial charge in [0.05, 0.1) is 10.7 Å². The molecule has 110 valence electrons. The summed E-state index contributed by atoms with van der Waals surface area (Å²) < 4.78 is 20.9. The third-order valence-electron chi connectivity index (χ3n) is 2.86. The molecule has 3 rings (SSSR count). The van der Waals surface area contributed by atoms with Crippen molar-refractivity contribution >= 4 is 17.6 Å². The second kappa shape index (κ2) is 5.65. The molecule has 1 aliphatic rings. The van der Waals surface area contributed by atoms with Crippen LogP contribution in [0.25, 0.3) is 0 Å². The number of benzene rings is 1. The number of carbonyl (C=O) groups excluding carboxylic acids is 1. The number of aromatic nitrogens is 1. The maximum Gasteiger partial charge on any atom is 0.377 e. The van der Waals surface area contributed by atoms with Crippen LogP contribution in [0.3, 0.4) is 0 Å². The average Bonchev–Trinajstić information content (AvgIpc) is 2.91. The summed E-state index contributed by atoms with van der Waals surface area (Å²) in [4.78, 5) is 11.8. The Labute approximate surface area is 125 Å². The number of aryl methyl sites for hydroxylation is 1. The molecule has 1 aromatic heterocycles. The maximum absolute atomic E-state index is 11.8. The van der Waals surface area contributed by atoms with Crippen molar-refractivity contribution in [3.8, 4) is 11.5 Å². The number of rotatable bonds is 3. The zero-order valence-electron chi connectivity index (χ0n) is 11.2. The van der Waals surface area contributed by atoms with Gasteiger partial charge in [0.2, 0.25) is 5.76 Å². The summed E-state index contributed by atoms with van der Waals surface area (Å²) in [5, 5.41) is 4.06. The van der Waals surface area contributed by atoms with Crippen LogP contribution in [0.15, 0.2) is 22.7 Å². The Hall–Kier alpha value is -2.21. The van der Waals surface area contributed by atoms with E-state index in [1.54, 1.807) is 19.1 Å². The van der Waals surface area contributed by atoms with Crippen LogP contribution in [0.4, 0.5) is 0 Å². The van der Waals surface area contributed by atoms with E-state index in [1.807, 2.05) is 0 Å². The molecule has 0 amide bonds. The van der Waals surface area contributed by atoms with E-state index in [0.717, 1.165) is 0 Å². The van der Waals surface area contributed by atoms with Gasteiger partial charge in [0.25, 0.3) is 0 Å². The Morgan fingerprint density at radius 2 is 2.14 bits per heavy atom. The quantitative estimate of drug-likeness (QED) is 0.812. The highest BCUT2D eigenvalue weighted by atomic mass is 35.5. The lowest BCUT2D eigenvalue weighted by atomic mass is 10.2. The number of ether oxygens (including phenoxy) is 3. The second-order valence-electron chi connectivity index (χ2n) is 4.51. The first-order chi connectivity index (χ1) is 10.1. The standard InChI is InChI=1S/C14H12ClNO5/c1-8-4-12(21-16-8)14(17)20-7-9-5-10(15)13-11(6-9)18-2-3-19-13/h4-6H,2-3,7H2,1H3. The van der Waals surface area contributed by atoms with E-state index in [9.17, 15) is 4.79 Å². The number of nitrogens with zero attached hydrogens (tertiary/aromatic N) is 1. The lowest BCUT2D eigenvalue weighted by Gasteiger charge is -2.20. The summed E-state index contributed by atoms with van der Waals surface area (Å²) in [5.74, 6) is 0.553. The largest absolute Gasteiger partial charge is 0.486 e. The number of halogens is 1. The van der Waals surface area contributed by atoms with Gasteiger partial charge in [-0.15, -0.1) is 0 Å². The summed E-state index contributed by atoms with van der Waals surface area (Å²) in [6.07, 6.45) is 0. The van der Waals surface area contributed by atoms with Crippen molar-refractivity contribution in [2.75, 3.05) is 13.2 Å². The monoisotopic (exact) mass is 309 g/mol. The highest BCUT2D eigenvalue weighted by Crippen LogP contribution is 2.38. The Morgan fingerprint density at radius 3 is 2.90 bits per heavy atom. The number of carbonyl (C=O) groups is 1. The highest BCUT2D eigenvalue weighted by Gasteiger charge is 2.18. The van der Waals surface area contributed by atoms with Gasteiger partial charge in [0, 0.05) is 6.07 Å². The number of hydrogen-bond donors (Lipinski definition) is 0. The summed E-state index contributed by atoms with van der Waals surface area (Å²) in [6.45, 7) is 2.70. The van der Waals surface area contributed by atoms with E-state index >= 15 is 0 Å². The van der Waals surface area contributed by atoms with Crippen LogP contribution < -0.4 is 9.47 Å². The van der Waals surface area contributed by atoms with E-state index in [4.69, 9.17) is 30.3 Å². The van der Waals surface area contributed by atoms with Gasteiger partial charge in [0.1, 0.15) is 19.8 Å². The predicted molar refractivity (Wildman–Crippen MR) is 72.8 cm³/mol. The minimum atomic E-state index is -0.582. The van der Waals surface area contributed by atoms with Gasteiger partial charge in [0.15, 0.2) is 11.5 Å². The van der Waals surface area contributed by atoms with E-state index in [1.165, 1.54) is 6.07 Å². The van der Waals surface area contributed by atoms with Gasteiger partial charge < -0.3 is 18.7 Å². The zero-order chi connectivity index (χ0) is 14.8. The van der Waals surface area contributed by atoms with Crippen molar-refractivity contribution in [2.45, 2.75) is 13.5 Å². The van der Waals surface area contributed by atoms with E-state index in [0.29, 0.717) is 41.0 Å². The van der Waals surface area contributed by atoms with Crippen LogP contribution >= 0.6 is 11.6 Å². The third kappa shape index (κ3) is 2.95. The Morgan fingerprint density at radius 1 is 1.33 bits per heavy atom. The molecule has 1 aromatic carbocycles. The smallest absolute Gasteiger partial charge is 0.377 e. The normalized spacial score (nSPS) is 13.0. The van der Waals surface area contributed by atoms with Gasteiger partial charge in [-0.3, -0.25) is 0 Å². The van der Waals surface area contributed by atoms with Crippen molar-refractivity contribution in [3.63, 3.8) is 0 Å². The van der Waals surface area contributed by atoms with Gasteiger partial charge in [-0.05, 0) is 24.6 Å². The predicted octanol–water partition coefficient (Wildman–Crippen LogP) is 2.76. The summed E-state index contributed by atoms with van der Waals surface area (Å²) in [5.41, 5.74) is 1.32. The molecule has 0 bridgehead atoms.